The molecule has 72 valence electrons. The predicted octanol–water partition coefficient (Wildman–Crippen LogP) is 1.67. The summed E-state index contributed by atoms with van der Waals surface area (Å²) in [6, 6.07) is 0. The lowest BCUT2D eigenvalue weighted by Gasteiger charge is -2.03. The van der Waals surface area contributed by atoms with Crippen molar-refractivity contribution in [3.63, 3.8) is 0 Å². The van der Waals surface area contributed by atoms with Crippen molar-refractivity contribution in [2.24, 2.45) is 0 Å². The van der Waals surface area contributed by atoms with Crippen LogP contribution >= 0.6 is 23.2 Å². The molecule has 0 N–H and O–H groups in total. The van der Waals surface area contributed by atoms with Crippen LogP contribution in [0.15, 0.2) is 0 Å². The van der Waals surface area contributed by atoms with Gasteiger partial charge < -0.3 is 9.30 Å². The van der Waals surface area contributed by atoms with Crippen LogP contribution in [0.25, 0.3) is 0 Å². The predicted molar refractivity (Wildman–Crippen MR) is 49.0 cm³/mol. The Hall–Kier alpha value is -0.740. The fourth-order valence-electron chi connectivity index (χ4n) is 0.879. The molecule has 0 atom stereocenters. The highest BCUT2D eigenvalue weighted by Crippen LogP contribution is 2.22. The van der Waals surface area contributed by atoms with Crippen LogP contribution in [0.4, 0.5) is 0 Å². The highest BCUT2D eigenvalue weighted by Gasteiger charge is 2.13. The van der Waals surface area contributed by atoms with Gasteiger partial charge in [-0.2, -0.15) is 0 Å². The van der Waals surface area contributed by atoms with Gasteiger partial charge in [-0.1, -0.05) is 23.2 Å². The summed E-state index contributed by atoms with van der Waals surface area (Å²) in [5, 5.41) is 0.452. The first-order chi connectivity index (χ1) is 6.06. The van der Waals surface area contributed by atoms with E-state index in [1.165, 1.54) is 11.7 Å². The zero-order chi connectivity index (χ0) is 10.0. The molecular formula is C7H8Cl2N2O2. The minimum Gasteiger partial charge on any atom is -0.468 e. The van der Waals surface area contributed by atoms with Crippen molar-refractivity contribution in [3.05, 3.63) is 16.1 Å². The molecule has 4 nitrogen and oxygen atoms in total. The summed E-state index contributed by atoms with van der Waals surface area (Å²) in [7, 11) is 1.31. The number of esters is 1. The van der Waals surface area contributed by atoms with Gasteiger partial charge in [-0.15, -0.1) is 0 Å². The van der Waals surface area contributed by atoms with E-state index < -0.39 is 0 Å². The molecule has 6 heteroatoms. The molecule has 1 aromatic rings. The van der Waals surface area contributed by atoms with E-state index in [2.05, 4.69) is 9.72 Å². The molecule has 0 fully saturated rings. The van der Waals surface area contributed by atoms with E-state index in [0.29, 0.717) is 5.82 Å². The number of ether oxygens (including phenoxy) is 1. The van der Waals surface area contributed by atoms with E-state index in [0.717, 1.165) is 0 Å². The van der Waals surface area contributed by atoms with Crippen molar-refractivity contribution >= 4 is 29.2 Å². The first kappa shape index (κ1) is 10.3. The first-order valence-electron chi connectivity index (χ1n) is 3.51. The number of hydrogen-bond donors (Lipinski definition) is 0. The SMILES string of the molecule is COC(=O)Cn1c(C)nc(Cl)c1Cl. The van der Waals surface area contributed by atoms with E-state index in [4.69, 9.17) is 23.2 Å². The molecule has 0 aliphatic carbocycles. The van der Waals surface area contributed by atoms with Gasteiger partial charge in [0.05, 0.1) is 7.11 Å². The molecular weight excluding hydrogens is 215 g/mol. The summed E-state index contributed by atoms with van der Waals surface area (Å²) in [5.74, 6) is 0.194. The highest BCUT2D eigenvalue weighted by atomic mass is 35.5. The fourth-order valence-corrected chi connectivity index (χ4v) is 1.33. The minimum atomic E-state index is -0.390. The van der Waals surface area contributed by atoms with Crippen molar-refractivity contribution in [2.45, 2.75) is 13.5 Å². The standard InChI is InChI=1S/C7H8Cl2N2O2/c1-4-10-6(8)7(9)11(4)3-5(12)13-2/h3H2,1-2H3. The van der Waals surface area contributed by atoms with Crippen molar-refractivity contribution in [3.8, 4) is 0 Å². The zero-order valence-corrected chi connectivity index (χ0v) is 8.69. The second-order valence-corrected chi connectivity index (χ2v) is 3.12. The third-order valence-corrected chi connectivity index (χ3v) is 2.32. The van der Waals surface area contributed by atoms with Gasteiger partial charge in [0.25, 0.3) is 0 Å². The maximum atomic E-state index is 10.9. The third kappa shape index (κ3) is 2.14. The average Bonchev–Trinajstić information content (AvgIpc) is 2.32. The molecule has 0 radical (unpaired) electrons. The molecule has 1 aromatic heterocycles. The van der Waals surface area contributed by atoms with Crippen molar-refractivity contribution < 1.29 is 9.53 Å². The summed E-state index contributed by atoms with van der Waals surface area (Å²) in [6.45, 7) is 1.74. The number of aromatic nitrogens is 2. The summed E-state index contributed by atoms with van der Waals surface area (Å²) in [5.41, 5.74) is 0. The number of hydrogen-bond acceptors (Lipinski definition) is 3. The van der Waals surface area contributed by atoms with E-state index in [9.17, 15) is 4.79 Å². The number of carbonyl (C=O) groups is 1. The number of rotatable bonds is 2. The van der Waals surface area contributed by atoms with Gasteiger partial charge in [-0.25, -0.2) is 4.98 Å². The number of carbonyl (C=O) groups excluding carboxylic acids is 1. The molecule has 1 rings (SSSR count). The van der Waals surface area contributed by atoms with Crippen LogP contribution in [0.5, 0.6) is 0 Å². The molecule has 0 unspecified atom stereocenters. The molecule has 0 saturated heterocycles. The normalized spacial score (nSPS) is 10.2. The number of nitrogens with zero attached hydrogens (tertiary/aromatic N) is 2. The monoisotopic (exact) mass is 222 g/mol. The minimum absolute atomic E-state index is 0.0287. The number of halogens is 2. The molecule has 0 amide bonds. The smallest absolute Gasteiger partial charge is 0.325 e. The maximum absolute atomic E-state index is 10.9. The van der Waals surface area contributed by atoms with Crippen LogP contribution in [-0.4, -0.2) is 22.6 Å². The van der Waals surface area contributed by atoms with E-state index >= 15 is 0 Å². The van der Waals surface area contributed by atoms with Crippen LogP contribution in [0.3, 0.4) is 0 Å². The zero-order valence-electron chi connectivity index (χ0n) is 7.17. The Bertz CT molecular complexity index is 335. The van der Waals surface area contributed by atoms with Crippen molar-refractivity contribution in [1.29, 1.82) is 0 Å². The Morgan fingerprint density at radius 1 is 1.62 bits per heavy atom. The quantitative estimate of drug-likeness (QED) is 0.716. The Balaban J connectivity index is 2.94. The summed E-state index contributed by atoms with van der Waals surface area (Å²) in [4.78, 5) is 14.8. The lowest BCUT2D eigenvalue weighted by atomic mass is 10.6. The van der Waals surface area contributed by atoms with E-state index in [-0.39, 0.29) is 22.8 Å². The van der Waals surface area contributed by atoms with Gasteiger partial charge in [0.15, 0.2) is 5.15 Å². The maximum Gasteiger partial charge on any atom is 0.325 e. The third-order valence-electron chi connectivity index (χ3n) is 1.57. The summed E-state index contributed by atoms with van der Waals surface area (Å²) in [6.07, 6.45) is 0. The van der Waals surface area contributed by atoms with Crippen LogP contribution in [0.2, 0.25) is 10.3 Å². The largest absolute Gasteiger partial charge is 0.468 e. The Labute approximate surface area is 85.4 Å². The first-order valence-corrected chi connectivity index (χ1v) is 4.26. The second kappa shape index (κ2) is 3.98. The van der Waals surface area contributed by atoms with Gasteiger partial charge >= 0.3 is 5.97 Å². The van der Waals surface area contributed by atoms with Gasteiger partial charge in [-0.3, -0.25) is 4.79 Å². The number of imidazole rings is 1. The van der Waals surface area contributed by atoms with Gasteiger partial charge in [0, 0.05) is 0 Å². The molecule has 0 aliphatic rings. The molecule has 0 aromatic carbocycles. The van der Waals surface area contributed by atoms with Gasteiger partial charge in [0.1, 0.15) is 17.5 Å². The lowest BCUT2D eigenvalue weighted by molar-refractivity contribution is -0.141. The Morgan fingerprint density at radius 3 is 2.62 bits per heavy atom. The molecule has 0 bridgehead atoms. The fraction of sp³-hybridized carbons (Fsp3) is 0.429. The number of aryl methyl sites for hydroxylation is 1. The molecule has 1 heterocycles. The van der Waals surface area contributed by atoms with Crippen LogP contribution < -0.4 is 0 Å². The van der Waals surface area contributed by atoms with Gasteiger partial charge in [-0.05, 0) is 6.92 Å². The summed E-state index contributed by atoms with van der Waals surface area (Å²) < 4.78 is 5.97. The van der Waals surface area contributed by atoms with Crippen molar-refractivity contribution in [2.75, 3.05) is 7.11 Å². The summed E-state index contributed by atoms with van der Waals surface area (Å²) >= 11 is 11.4. The van der Waals surface area contributed by atoms with Crippen molar-refractivity contribution in [1.82, 2.24) is 9.55 Å². The molecule has 13 heavy (non-hydrogen) atoms. The van der Waals surface area contributed by atoms with Crippen LogP contribution in [0, 0.1) is 6.92 Å². The van der Waals surface area contributed by atoms with E-state index in [1.54, 1.807) is 6.92 Å². The average molecular weight is 223 g/mol. The highest BCUT2D eigenvalue weighted by molar-refractivity contribution is 6.40. The Kier molecular flexibility index (Phi) is 3.17. The second-order valence-electron chi connectivity index (χ2n) is 2.40. The molecule has 0 spiro atoms. The van der Waals surface area contributed by atoms with Gasteiger partial charge in [0.2, 0.25) is 0 Å². The Morgan fingerprint density at radius 2 is 2.23 bits per heavy atom. The lowest BCUT2D eigenvalue weighted by Crippen LogP contribution is -2.12. The molecule has 0 saturated carbocycles. The van der Waals surface area contributed by atoms with Crippen LogP contribution in [0.1, 0.15) is 5.82 Å². The topological polar surface area (TPSA) is 44.1 Å². The van der Waals surface area contributed by atoms with E-state index in [1.807, 2.05) is 0 Å². The van der Waals surface area contributed by atoms with Crippen LogP contribution in [-0.2, 0) is 16.1 Å². The number of methoxy groups -OCH3 is 1. The molecule has 0 aliphatic heterocycles.